The van der Waals surface area contributed by atoms with Crippen molar-refractivity contribution in [3.8, 4) is 0 Å². The summed E-state index contributed by atoms with van der Waals surface area (Å²) >= 11 is 4.10. The van der Waals surface area contributed by atoms with Crippen LogP contribution in [-0.4, -0.2) is 17.0 Å². The van der Waals surface area contributed by atoms with E-state index in [9.17, 15) is 22.8 Å². The van der Waals surface area contributed by atoms with E-state index in [0.717, 1.165) is 17.8 Å². The Morgan fingerprint density at radius 3 is 2.43 bits per heavy atom. The van der Waals surface area contributed by atoms with Gasteiger partial charge in [-0.05, 0) is 25.3 Å². The Morgan fingerprint density at radius 1 is 1.33 bits per heavy atom. The van der Waals surface area contributed by atoms with Gasteiger partial charge in [-0.2, -0.15) is 13.2 Å². The largest absolute Gasteiger partial charge is 0.418 e. The molecule has 1 aromatic carbocycles. The van der Waals surface area contributed by atoms with Crippen LogP contribution in [0, 0.1) is 0 Å². The minimum Gasteiger partial charge on any atom is -0.321 e. The van der Waals surface area contributed by atoms with Gasteiger partial charge in [-0.3, -0.25) is 9.59 Å². The van der Waals surface area contributed by atoms with Crippen molar-refractivity contribution in [2.45, 2.75) is 18.0 Å². The van der Waals surface area contributed by atoms with E-state index in [2.05, 4.69) is 20.9 Å². The first-order valence-electron chi connectivity index (χ1n) is 5.68. The molecule has 0 fully saturated rings. The number of benzene rings is 1. The number of nitrogens with one attached hydrogen (secondary N) is 1. The Kier molecular flexibility index (Phi) is 4.21. The topological polar surface area (TPSA) is 49.9 Å². The Bertz CT molecular complexity index is 799. The molecular weight excluding hydrogens is 371 g/mol. The summed E-state index contributed by atoms with van der Waals surface area (Å²) in [6.07, 6.45) is -3.01. The molecule has 0 bridgehead atoms. The summed E-state index contributed by atoms with van der Waals surface area (Å²) in [6, 6.07) is 2.36. The van der Waals surface area contributed by atoms with Crippen molar-refractivity contribution in [3.63, 3.8) is 0 Å². The predicted molar refractivity (Wildman–Crippen MR) is 79.1 cm³/mol. The Labute approximate surface area is 130 Å². The van der Waals surface area contributed by atoms with Gasteiger partial charge in [0.1, 0.15) is 0 Å². The quantitative estimate of drug-likeness (QED) is 0.627. The van der Waals surface area contributed by atoms with Crippen LogP contribution >= 0.6 is 27.7 Å². The number of pyridine rings is 1. The van der Waals surface area contributed by atoms with E-state index in [4.69, 9.17) is 0 Å². The molecule has 0 unspecified atom stereocenters. The second-order valence-electron chi connectivity index (χ2n) is 4.29. The van der Waals surface area contributed by atoms with Gasteiger partial charge in [0.2, 0.25) is 0 Å². The van der Waals surface area contributed by atoms with Gasteiger partial charge in [0.25, 0.3) is 5.56 Å². The van der Waals surface area contributed by atoms with E-state index in [1.165, 1.54) is 13.0 Å². The van der Waals surface area contributed by atoms with E-state index < -0.39 is 23.1 Å². The molecule has 1 heterocycles. The van der Waals surface area contributed by atoms with Crippen LogP contribution in [0.1, 0.15) is 22.8 Å². The molecule has 0 spiro atoms. The molecule has 3 nitrogen and oxygen atoms in total. The van der Waals surface area contributed by atoms with Crippen LogP contribution in [-0.2, 0) is 6.18 Å². The number of halogens is 4. The highest BCUT2D eigenvalue weighted by molar-refractivity contribution is 9.10. The standard InChI is InChI=1S/C13H9BrF3NO2S/c1-5(19)9-11(21-2)7-3-6(14)4-8(13(15,16)17)10(7)18-12(9)20/h3-4H,1-2H3,(H,18,20). The zero-order valence-electron chi connectivity index (χ0n) is 10.9. The van der Waals surface area contributed by atoms with Gasteiger partial charge in [0, 0.05) is 14.8 Å². The first kappa shape index (κ1) is 16.1. The van der Waals surface area contributed by atoms with Gasteiger partial charge in [0.15, 0.2) is 5.78 Å². The van der Waals surface area contributed by atoms with E-state index >= 15 is 0 Å². The molecule has 21 heavy (non-hydrogen) atoms. The maximum atomic E-state index is 13.1. The van der Waals surface area contributed by atoms with Crippen molar-refractivity contribution in [1.82, 2.24) is 4.98 Å². The van der Waals surface area contributed by atoms with Gasteiger partial charge in [-0.15, -0.1) is 11.8 Å². The summed E-state index contributed by atoms with van der Waals surface area (Å²) in [5.41, 5.74) is -2.20. The summed E-state index contributed by atoms with van der Waals surface area (Å²) in [5, 5.41) is 0.189. The number of carbonyl (C=O) groups is 1. The van der Waals surface area contributed by atoms with Gasteiger partial charge in [-0.1, -0.05) is 15.9 Å². The molecular formula is C13H9BrF3NO2S. The number of H-pyrrole nitrogens is 1. The number of carbonyl (C=O) groups excluding carboxylic acids is 1. The molecule has 0 atom stereocenters. The normalized spacial score (nSPS) is 11.9. The minimum atomic E-state index is -4.61. The highest BCUT2D eigenvalue weighted by Crippen LogP contribution is 2.38. The van der Waals surface area contributed by atoms with Crippen LogP contribution in [0.25, 0.3) is 10.9 Å². The molecule has 0 saturated carbocycles. The van der Waals surface area contributed by atoms with Crippen molar-refractivity contribution in [2.24, 2.45) is 0 Å². The molecule has 2 aromatic rings. The zero-order chi connectivity index (χ0) is 15.9. The van der Waals surface area contributed by atoms with Crippen molar-refractivity contribution in [2.75, 3.05) is 6.26 Å². The molecule has 112 valence electrons. The van der Waals surface area contributed by atoms with E-state index in [0.29, 0.717) is 0 Å². The third-order valence-electron chi connectivity index (χ3n) is 2.90. The van der Waals surface area contributed by atoms with Crippen LogP contribution in [0.3, 0.4) is 0 Å². The number of rotatable bonds is 2. The van der Waals surface area contributed by atoms with Crippen molar-refractivity contribution in [1.29, 1.82) is 0 Å². The van der Waals surface area contributed by atoms with Crippen LogP contribution in [0.4, 0.5) is 13.2 Å². The fourth-order valence-corrected chi connectivity index (χ4v) is 3.37. The Morgan fingerprint density at radius 2 is 1.95 bits per heavy atom. The zero-order valence-corrected chi connectivity index (χ0v) is 13.3. The van der Waals surface area contributed by atoms with Gasteiger partial charge in [-0.25, -0.2) is 0 Å². The van der Waals surface area contributed by atoms with Crippen molar-refractivity contribution in [3.05, 3.63) is 38.1 Å². The number of aromatic amines is 1. The first-order valence-corrected chi connectivity index (χ1v) is 7.70. The highest BCUT2D eigenvalue weighted by Gasteiger charge is 2.34. The number of hydrogen-bond donors (Lipinski definition) is 1. The second-order valence-corrected chi connectivity index (χ2v) is 6.02. The number of alkyl halides is 3. The molecule has 0 aliphatic heterocycles. The number of Topliss-reactive ketones (excluding diaryl/α,β-unsaturated/α-hetero) is 1. The van der Waals surface area contributed by atoms with E-state index in [1.807, 2.05) is 0 Å². The molecule has 8 heteroatoms. The second kappa shape index (κ2) is 5.49. The molecule has 0 aliphatic rings. The van der Waals surface area contributed by atoms with Crippen LogP contribution in [0.2, 0.25) is 0 Å². The van der Waals surface area contributed by atoms with Gasteiger partial charge < -0.3 is 4.98 Å². The maximum Gasteiger partial charge on any atom is 0.418 e. The number of thioether (sulfide) groups is 1. The van der Waals surface area contributed by atoms with Crippen LogP contribution in [0.15, 0.2) is 26.3 Å². The van der Waals surface area contributed by atoms with Crippen molar-refractivity contribution >= 4 is 44.4 Å². The predicted octanol–water partition coefficient (Wildman–Crippen LogP) is 4.23. The van der Waals surface area contributed by atoms with Gasteiger partial charge >= 0.3 is 6.18 Å². The minimum absolute atomic E-state index is 0.124. The number of aromatic nitrogens is 1. The number of hydrogen-bond acceptors (Lipinski definition) is 3. The fourth-order valence-electron chi connectivity index (χ4n) is 2.09. The first-order chi connectivity index (χ1) is 9.66. The molecule has 1 N–H and O–H groups in total. The van der Waals surface area contributed by atoms with E-state index in [1.54, 1.807) is 6.26 Å². The summed E-state index contributed by atoms with van der Waals surface area (Å²) in [4.78, 5) is 26.0. The molecule has 0 amide bonds. The van der Waals surface area contributed by atoms with Crippen LogP contribution < -0.4 is 5.56 Å². The lowest BCUT2D eigenvalue weighted by molar-refractivity contribution is -0.136. The summed E-state index contributed by atoms with van der Waals surface area (Å²) < 4.78 is 39.5. The summed E-state index contributed by atoms with van der Waals surface area (Å²) in [6.45, 7) is 1.21. The van der Waals surface area contributed by atoms with Crippen LogP contribution in [0.5, 0.6) is 0 Å². The third-order valence-corrected chi connectivity index (χ3v) is 4.19. The van der Waals surface area contributed by atoms with E-state index in [-0.39, 0.29) is 25.8 Å². The lowest BCUT2D eigenvalue weighted by atomic mass is 10.1. The Hall–Kier alpha value is -1.28. The monoisotopic (exact) mass is 379 g/mol. The fraction of sp³-hybridized carbons (Fsp3) is 0.231. The molecule has 2 rings (SSSR count). The maximum absolute atomic E-state index is 13.1. The average molecular weight is 380 g/mol. The lowest BCUT2D eigenvalue weighted by Gasteiger charge is -2.14. The molecule has 0 saturated heterocycles. The van der Waals surface area contributed by atoms with Crippen molar-refractivity contribution < 1.29 is 18.0 Å². The number of ketones is 1. The molecule has 0 radical (unpaired) electrons. The molecule has 0 aliphatic carbocycles. The SMILES string of the molecule is CSc1c(C(C)=O)c(=O)[nH]c2c(C(F)(F)F)cc(Br)cc12. The number of fused-ring (bicyclic) bond motifs is 1. The molecule has 1 aromatic heterocycles. The smallest absolute Gasteiger partial charge is 0.321 e. The summed E-state index contributed by atoms with van der Waals surface area (Å²) in [7, 11) is 0. The summed E-state index contributed by atoms with van der Waals surface area (Å²) in [5.74, 6) is -0.490. The highest BCUT2D eigenvalue weighted by atomic mass is 79.9. The third kappa shape index (κ3) is 2.87. The average Bonchev–Trinajstić information content (AvgIpc) is 2.35. The lowest BCUT2D eigenvalue weighted by Crippen LogP contribution is -2.19. The Balaban J connectivity index is 3.06. The van der Waals surface area contributed by atoms with Gasteiger partial charge in [0.05, 0.1) is 16.6 Å².